The average Bonchev–Trinajstić information content (AvgIpc) is 3.29. The molecule has 0 spiro atoms. The lowest BCUT2D eigenvalue weighted by molar-refractivity contribution is -0.0237. The molecule has 3 heteroatoms. The maximum Gasteiger partial charge on any atom is 0.0736 e. The van der Waals surface area contributed by atoms with Gasteiger partial charge in [0.25, 0.3) is 0 Å². The van der Waals surface area contributed by atoms with Crippen molar-refractivity contribution in [3.8, 4) is 0 Å². The van der Waals surface area contributed by atoms with Gasteiger partial charge in [-0.2, -0.15) is 5.10 Å². The summed E-state index contributed by atoms with van der Waals surface area (Å²) < 4.78 is 2.02. The molecule has 0 radical (unpaired) electrons. The van der Waals surface area contributed by atoms with Crippen LogP contribution in [-0.4, -0.2) is 20.8 Å². The molecule has 0 aromatic carbocycles. The third-order valence-corrected chi connectivity index (χ3v) is 9.38. The Bertz CT molecular complexity index is 1030. The van der Waals surface area contributed by atoms with Gasteiger partial charge in [-0.15, -0.1) is 0 Å². The van der Waals surface area contributed by atoms with Gasteiger partial charge in [0, 0.05) is 11.8 Å². The van der Waals surface area contributed by atoms with E-state index in [0.29, 0.717) is 5.41 Å². The average molecular weight is 389 g/mol. The molecule has 2 heterocycles. The maximum absolute atomic E-state index is 10.2. The van der Waals surface area contributed by atoms with Crippen LogP contribution in [-0.2, 0) is 0 Å². The largest absolute Gasteiger partial charge is 0.393 e. The van der Waals surface area contributed by atoms with Crippen LogP contribution in [0.5, 0.6) is 0 Å². The Morgan fingerprint density at radius 1 is 1.03 bits per heavy atom. The van der Waals surface area contributed by atoms with Crippen LogP contribution in [0.1, 0.15) is 64.4 Å². The van der Waals surface area contributed by atoms with Gasteiger partial charge in [-0.3, -0.25) is 0 Å². The SMILES string of the molecule is CC12CCC3C(CC=C4C[C@@H](O)CC[C@@]43C)C1CC=C2c1cnn2ccccc12. The van der Waals surface area contributed by atoms with E-state index in [4.69, 9.17) is 0 Å². The van der Waals surface area contributed by atoms with Gasteiger partial charge in [0.05, 0.1) is 17.8 Å². The highest BCUT2D eigenvalue weighted by atomic mass is 16.3. The molecule has 3 nitrogen and oxygen atoms in total. The van der Waals surface area contributed by atoms with Crippen molar-refractivity contribution in [1.82, 2.24) is 9.61 Å². The Morgan fingerprint density at radius 2 is 1.90 bits per heavy atom. The molecule has 2 fully saturated rings. The zero-order chi connectivity index (χ0) is 19.8. The Hall–Kier alpha value is -1.87. The summed E-state index contributed by atoms with van der Waals surface area (Å²) in [7, 11) is 0. The summed E-state index contributed by atoms with van der Waals surface area (Å²) >= 11 is 0. The standard InChI is InChI=1S/C26H32N2O/c1-25-12-10-18(29)15-17(25)6-7-19-21-8-9-22(26(21,2)13-11-23(19)25)20-16-27-28-14-4-3-5-24(20)28/h3-6,9,14,16,18-19,21,23,29H,7-8,10-13,15H2,1-2H3/t18-,19?,21?,23?,25-,26?/m0/s1. The lowest BCUT2D eigenvalue weighted by atomic mass is 9.47. The molecule has 152 valence electrons. The van der Waals surface area contributed by atoms with Crippen molar-refractivity contribution in [3.63, 3.8) is 0 Å². The first-order valence-corrected chi connectivity index (χ1v) is 11.5. The third-order valence-electron chi connectivity index (χ3n) is 9.38. The van der Waals surface area contributed by atoms with Crippen LogP contribution >= 0.6 is 0 Å². The van der Waals surface area contributed by atoms with E-state index in [9.17, 15) is 5.11 Å². The Kier molecular flexibility index (Phi) is 3.76. The fourth-order valence-electron chi connectivity index (χ4n) is 7.77. The van der Waals surface area contributed by atoms with Gasteiger partial charge in [-0.25, -0.2) is 4.52 Å². The first-order chi connectivity index (χ1) is 14.0. The summed E-state index contributed by atoms with van der Waals surface area (Å²) in [6, 6.07) is 6.38. The van der Waals surface area contributed by atoms with Crippen molar-refractivity contribution in [2.45, 2.75) is 64.9 Å². The van der Waals surface area contributed by atoms with Crippen molar-refractivity contribution >= 4 is 11.1 Å². The normalized spacial score (nSPS) is 41.3. The summed E-state index contributed by atoms with van der Waals surface area (Å²) in [5.74, 6) is 2.29. The van der Waals surface area contributed by atoms with Gasteiger partial charge < -0.3 is 5.11 Å². The molecule has 0 amide bonds. The molecule has 4 aliphatic rings. The summed E-state index contributed by atoms with van der Waals surface area (Å²) in [5.41, 5.74) is 6.26. The van der Waals surface area contributed by atoms with Crippen LogP contribution in [0, 0.1) is 28.6 Å². The first-order valence-electron chi connectivity index (χ1n) is 11.5. The number of hydrogen-bond acceptors (Lipinski definition) is 2. The summed E-state index contributed by atoms with van der Waals surface area (Å²) in [5, 5.41) is 14.8. The van der Waals surface area contributed by atoms with Crippen molar-refractivity contribution in [2.75, 3.05) is 0 Å². The number of aromatic nitrogens is 2. The topological polar surface area (TPSA) is 37.5 Å². The molecule has 2 saturated carbocycles. The van der Waals surface area contributed by atoms with Gasteiger partial charge in [0.15, 0.2) is 0 Å². The molecular weight excluding hydrogens is 356 g/mol. The third kappa shape index (κ3) is 2.37. The van der Waals surface area contributed by atoms with E-state index in [2.05, 4.69) is 61.7 Å². The molecule has 4 aliphatic carbocycles. The molecule has 0 saturated heterocycles. The number of nitrogens with zero attached hydrogens (tertiary/aromatic N) is 2. The van der Waals surface area contributed by atoms with E-state index in [-0.39, 0.29) is 11.5 Å². The molecule has 4 unspecified atom stereocenters. The minimum Gasteiger partial charge on any atom is -0.393 e. The molecule has 1 N–H and O–H groups in total. The van der Waals surface area contributed by atoms with E-state index in [1.165, 1.54) is 43.2 Å². The number of hydrogen-bond donors (Lipinski definition) is 1. The van der Waals surface area contributed by atoms with E-state index in [0.717, 1.165) is 30.6 Å². The Labute approximate surface area is 173 Å². The molecule has 0 bridgehead atoms. The van der Waals surface area contributed by atoms with Crippen LogP contribution in [0.2, 0.25) is 0 Å². The van der Waals surface area contributed by atoms with Gasteiger partial charge >= 0.3 is 0 Å². The van der Waals surface area contributed by atoms with E-state index >= 15 is 0 Å². The number of allylic oxidation sites excluding steroid dienone is 3. The lowest BCUT2D eigenvalue weighted by Crippen LogP contribution is -2.49. The zero-order valence-corrected chi connectivity index (χ0v) is 17.6. The van der Waals surface area contributed by atoms with Crippen LogP contribution < -0.4 is 0 Å². The van der Waals surface area contributed by atoms with E-state index in [1.807, 2.05) is 4.52 Å². The predicted molar refractivity (Wildman–Crippen MR) is 116 cm³/mol. The maximum atomic E-state index is 10.2. The van der Waals surface area contributed by atoms with Crippen molar-refractivity contribution in [3.05, 3.63) is 53.9 Å². The highest BCUT2D eigenvalue weighted by Gasteiger charge is 2.56. The highest BCUT2D eigenvalue weighted by molar-refractivity contribution is 5.82. The van der Waals surface area contributed by atoms with E-state index < -0.39 is 0 Å². The summed E-state index contributed by atoms with van der Waals surface area (Å²) in [6.07, 6.45) is 17.2. The van der Waals surface area contributed by atoms with Gasteiger partial charge in [0.1, 0.15) is 0 Å². The molecule has 6 atom stereocenters. The number of fused-ring (bicyclic) bond motifs is 6. The molecule has 29 heavy (non-hydrogen) atoms. The quantitative estimate of drug-likeness (QED) is 0.641. The molecular formula is C26H32N2O. The Morgan fingerprint density at radius 3 is 2.79 bits per heavy atom. The van der Waals surface area contributed by atoms with Crippen molar-refractivity contribution in [2.24, 2.45) is 28.6 Å². The fraction of sp³-hybridized carbons (Fsp3) is 0.577. The lowest BCUT2D eigenvalue weighted by Gasteiger charge is -2.57. The number of aliphatic hydroxyl groups excluding tert-OH is 1. The number of pyridine rings is 1. The monoisotopic (exact) mass is 388 g/mol. The second-order valence-electron chi connectivity index (χ2n) is 10.6. The molecule has 0 aliphatic heterocycles. The highest BCUT2D eigenvalue weighted by Crippen LogP contribution is 2.66. The number of rotatable bonds is 1. The molecule has 6 rings (SSSR count). The van der Waals surface area contributed by atoms with Gasteiger partial charge in [0.2, 0.25) is 0 Å². The second kappa shape index (κ2) is 6.07. The van der Waals surface area contributed by atoms with Crippen LogP contribution in [0.15, 0.2) is 48.3 Å². The fourth-order valence-corrected chi connectivity index (χ4v) is 7.77. The smallest absolute Gasteiger partial charge is 0.0736 e. The van der Waals surface area contributed by atoms with E-state index in [1.54, 1.807) is 11.1 Å². The number of aliphatic hydroxyl groups is 1. The minimum atomic E-state index is -0.116. The minimum absolute atomic E-state index is 0.116. The predicted octanol–water partition coefficient (Wildman–Crippen LogP) is 5.65. The van der Waals surface area contributed by atoms with Crippen LogP contribution in [0.4, 0.5) is 0 Å². The molecule has 2 aromatic rings. The summed E-state index contributed by atoms with van der Waals surface area (Å²) in [4.78, 5) is 0. The zero-order valence-electron chi connectivity index (χ0n) is 17.6. The summed E-state index contributed by atoms with van der Waals surface area (Å²) in [6.45, 7) is 5.05. The first kappa shape index (κ1) is 17.9. The van der Waals surface area contributed by atoms with Crippen LogP contribution in [0.3, 0.4) is 0 Å². The van der Waals surface area contributed by atoms with Crippen molar-refractivity contribution in [1.29, 1.82) is 0 Å². The van der Waals surface area contributed by atoms with Gasteiger partial charge in [-0.1, -0.05) is 37.6 Å². The van der Waals surface area contributed by atoms with Gasteiger partial charge in [-0.05, 0) is 91.2 Å². The van der Waals surface area contributed by atoms with Crippen LogP contribution in [0.25, 0.3) is 11.1 Å². The Balaban J connectivity index is 1.36. The van der Waals surface area contributed by atoms with Crippen molar-refractivity contribution < 1.29 is 5.11 Å². The second-order valence-corrected chi connectivity index (χ2v) is 10.6. The molecule has 2 aromatic heterocycles.